The number of nitriles is 2. The van der Waals surface area contributed by atoms with Crippen molar-refractivity contribution >= 4 is 44.8 Å². The van der Waals surface area contributed by atoms with Crippen LogP contribution in [0.1, 0.15) is 38.8 Å². The average molecular weight is 517 g/mol. The Balaban J connectivity index is 0.000000317. The zero-order valence-electron chi connectivity index (χ0n) is 20.6. The van der Waals surface area contributed by atoms with E-state index in [1.165, 1.54) is 23.5 Å². The lowest BCUT2D eigenvalue weighted by atomic mass is 10.1. The Bertz CT molecular complexity index is 1150. The third kappa shape index (κ3) is 8.66. The molecule has 36 heavy (non-hydrogen) atoms. The monoisotopic (exact) mass is 516 g/mol. The van der Waals surface area contributed by atoms with Crippen molar-refractivity contribution in [1.82, 2.24) is 0 Å². The second kappa shape index (κ2) is 17.5. The van der Waals surface area contributed by atoms with Gasteiger partial charge in [0.25, 0.3) is 0 Å². The van der Waals surface area contributed by atoms with E-state index in [1.807, 2.05) is 88.4 Å². The van der Waals surface area contributed by atoms with Crippen LogP contribution >= 0.6 is 23.5 Å². The van der Waals surface area contributed by atoms with Crippen molar-refractivity contribution in [2.45, 2.75) is 27.7 Å². The normalized spacial score (nSPS) is 17.9. The summed E-state index contributed by atoms with van der Waals surface area (Å²) in [5, 5.41) is 42.7. The van der Waals surface area contributed by atoms with Crippen molar-refractivity contribution < 1.29 is 10.4 Å². The first-order valence-electron chi connectivity index (χ1n) is 11.3. The van der Waals surface area contributed by atoms with E-state index >= 15 is 0 Å². The van der Waals surface area contributed by atoms with Crippen LogP contribution in [0.5, 0.6) is 0 Å². The minimum absolute atomic E-state index is 0.499. The molecule has 2 aliphatic heterocycles. The Kier molecular flexibility index (Phi) is 14.6. The summed E-state index contributed by atoms with van der Waals surface area (Å²) in [6.45, 7) is 8.00. The van der Waals surface area contributed by atoms with E-state index in [0.29, 0.717) is 21.2 Å². The molecule has 2 N–H and O–H groups in total. The molecule has 0 spiro atoms. The van der Waals surface area contributed by atoms with Crippen LogP contribution in [0.15, 0.2) is 105 Å². The quantitative estimate of drug-likeness (QED) is 0.237. The maximum Gasteiger partial charge on any atom is 0.140 e. The van der Waals surface area contributed by atoms with Crippen LogP contribution in [-0.2, 0) is 0 Å². The van der Waals surface area contributed by atoms with Crippen molar-refractivity contribution in [1.29, 1.82) is 10.5 Å². The Morgan fingerprint density at radius 1 is 0.611 bits per heavy atom. The second-order valence-electron chi connectivity index (χ2n) is 6.18. The highest BCUT2D eigenvalue weighted by molar-refractivity contribution is 8.18. The molecule has 6 nitrogen and oxygen atoms in total. The van der Waals surface area contributed by atoms with Crippen molar-refractivity contribution in [2.75, 3.05) is 0 Å². The third-order valence-electron chi connectivity index (χ3n) is 4.22. The van der Waals surface area contributed by atoms with Gasteiger partial charge in [0.1, 0.15) is 22.2 Å². The first-order valence-corrected chi connectivity index (χ1v) is 12.9. The Morgan fingerprint density at radius 3 is 1.19 bits per heavy atom. The van der Waals surface area contributed by atoms with Crippen LogP contribution in [-0.4, -0.2) is 20.5 Å². The number of oxime groups is 2. The van der Waals surface area contributed by atoms with Gasteiger partial charge in [-0.1, -0.05) is 122 Å². The Labute approximate surface area is 221 Å². The van der Waals surface area contributed by atoms with Gasteiger partial charge in [-0.2, -0.15) is 10.5 Å². The molecule has 0 atom stereocenters. The van der Waals surface area contributed by atoms with Crippen LogP contribution in [0, 0.1) is 22.7 Å². The third-order valence-corrected chi connectivity index (χ3v) is 6.20. The first kappa shape index (κ1) is 30.1. The van der Waals surface area contributed by atoms with Gasteiger partial charge in [-0.25, -0.2) is 0 Å². The van der Waals surface area contributed by atoms with Crippen LogP contribution in [0.25, 0.3) is 11.1 Å². The van der Waals surface area contributed by atoms with Crippen molar-refractivity contribution in [3.63, 3.8) is 0 Å². The number of thioether (sulfide) groups is 2. The van der Waals surface area contributed by atoms with Gasteiger partial charge in [0.05, 0.1) is 11.1 Å². The minimum Gasteiger partial charge on any atom is -0.410 e. The highest BCUT2D eigenvalue weighted by Gasteiger charge is 2.15. The van der Waals surface area contributed by atoms with Crippen LogP contribution in [0.4, 0.5) is 0 Å². The van der Waals surface area contributed by atoms with Gasteiger partial charge < -0.3 is 10.4 Å². The van der Waals surface area contributed by atoms with E-state index in [1.54, 1.807) is 24.3 Å². The molecule has 2 heterocycles. The molecule has 0 aromatic heterocycles. The smallest absolute Gasteiger partial charge is 0.140 e. The number of rotatable bonds is 2. The maximum absolute atomic E-state index is 9.14. The standard InChI is InChI=1S/2C12H8N2OS.2C2H6/c2*13-8-10(9-4-2-1-3-5-9)11-6-7-12(14-15)16-11;2*1-2/h2*1-7,15H;2*1-2H3/b11-10+,14-12?;11-10-,14-12?;;. The summed E-state index contributed by atoms with van der Waals surface area (Å²) in [7, 11) is 0. The first-order chi connectivity index (χ1) is 17.7. The molecule has 0 saturated carbocycles. The molecule has 0 unspecified atom stereocenters. The fourth-order valence-electron chi connectivity index (χ4n) is 2.77. The number of benzene rings is 2. The molecule has 4 rings (SSSR count). The Hall–Kier alpha value is -3.98. The maximum atomic E-state index is 9.14. The molecule has 0 radical (unpaired) electrons. The van der Waals surface area contributed by atoms with Crippen LogP contribution in [0.3, 0.4) is 0 Å². The van der Waals surface area contributed by atoms with E-state index < -0.39 is 0 Å². The zero-order valence-corrected chi connectivity index (χ0v) is 22.2. The largest absolute Gasteiger partial charge is 0.410 e. The number of hydrogen-bond donors (Lipinski definition) is 2. The molecule has 0 bridgehead atoms. The summed E-state index contributed by atoms with van der Waals surface area (Å²) in [5.41, 5.74) is 2.94. The minimum atomic E-state index is 0.499. The molecule has 0 fully saturated rings. The predicted octanol–water partition coefficient (Wildman–Crippen LogP) is 8.08. The van der Waals surface area contributed by atoms with Crippen molar-refractivity contribution in [3.8, 4) is 12.1 Å². The lowest BCUT2D eigenvalue weighted by molar-refractivity contribution is 0.321. The van der Waals surface area contributed by atoms with Gasteiger partial charge in [0.2, 0.25) is 0 Å². The SMILES string of the molecule is CC.CC.N#C/C(=C1/C=CC(=NO)S1)c1ccccc1.N#C/C(=C1\C=CC(=NO)S1)c1ccccc1. The fraction of sp³-hybridized carbons (Fsp3) is 0.143. The molecule has 184 valence electrons. The molecule has 8 heteroatoms. The molecular formula is C28H28N4O2S2. The highest BCUT2D eigenvalue weighted by atomic mass is 32.2. The molecular weight excluding hydrogens is 488 g/mol. The van der Waals surface area contributed by atoms with Gasteiger partial charge >= 0.3 is 0 Å². The number of hydrogen-bond acceptors (Lipinski definition) is 8. The summed E-state index contributed by atoms with van der Waals surface area (Å²) in [6, 6.07) is 23.2. The summed E-state index contributed by atoms with van der Waals surface area (Å²) in [6.07, 6.45) is 6.93. The molecule has 0 amide bonds. The van der Waals surface area contributed by atoms with Gasteiger partial charge in [-0.15, -0.1) is 0 Å². The average Bonchev–Trinajstić information content (AvgIpc) is 3.64. The lowest BCUT2D eigenvalue weighted by Gasteiger charge is -2.01. The summed E-state index contributed by atoms with van der Waals surface area (Å²) < 4.78 is 0. The summed E-state index contributed by atoms with van der Waals surface area (Å²) in [4.78, 5) is 1.61. The highest BCUT2D eigenvalue weighted by Crippen LogP contribution is 2.34. The van der Waals surface area contributed by atoms with E-state index in [0.717, 1.165) is 20.9 Å². The van der Waals surface area contributed by atoms with E-state index in [9.17, 15) is 0 Å². The topological polar surface area (TPSA) is 113 Å². The van der Waals surface area contributed by atoms with Gasteiger partial charge in [-0.3, -0.25) is 0 Å². The van der Waals surface area contributed by atoms with E-state index in [2.05, 4.69) is 22.4 Å². The Morgan fingerprint density at radius 2 is 0.944 bits per heavy atom. The van der Waals surface area contributed by atoms with Gasteiger partial charge in [0, 0.05) is 9.81 Å². The number of allylic oxidation sites excluding steroid dienone is 4. The van der Waals surface area contributed by atoms with Gasteiger partial charge in [-0.05, 0) is 35.4 Å². The second-order valence-corrected chi connectivity index (χ2v) is 8.31. The molecule has 0 aliphatic carbocycles. The zero-order chi connectivity index (χ0) is 26.8. The molecule has 0 saturated heterocycles. The van der Waals surface area contributed by atoms with E-state index in [-0.39, 0.29) is 0 Å². The fourth-order valence-corrected chi connectivity index (χ4v) is 4.37. The van der Waals surface area contributed by atoms with Gasteiger partial charge in [0.15, 0.2) is 0 Å². The lowest BCUT2D eigenvalue weighted by Crippen LogP contribution is -1.84. The van der Waals surface area contributed by atoms with Crippen molar-refractivity contribution in [3.05, 3.63) is 106 Å². The molecule has 2 aromatic rings. The van der Waals surface area contributed by atoms with Crippen LogP contribution < -0.4 is 0 Å². The summed E-state index contributed by atoms with van der Waals surface area (Å²) >= 11 is 2.57. The molecule has 2 aliphatic rings. The predicted molar refractivity (Wildman–Crippen MR) is 153 cm³/mol. The van der Waals surface area contributed by atoms with E-state index in [4.69, 9.17) is 20.9 Å². The van der Waals surface area contributed by atoms with Crippen LogP contribution in [0.2, 0.25) is 0 Å². The number of nitrogens with zero attached hydrogens (tertiary/aromatic N) is 4. The van der Waals surface area contributed by atoms with Crippen molar-refractivity contribution in [2.24, 2.45) is 10.3 Å². The molecule has 2 aromatic carbocycles. The summed E-state index contributed by atoms with van der Waals surface area (Å²) in [5.74, 6) is 0.